The lowest BCUT2D eigenvalue weighted by molar-refractivity contribution is -0.159. The number of rotatable bonds is 16. The number of esters is 2. The smallest absolute Gasteiger partial charge is 0.311 e. The molecule has 0 spiro atoms. The minimum Gasteiger partial charge on any atom is -0.481 e. The molecule has 3 atom stereocenters. The Morgan fingerprint density at radius 3 is 1.74 bits per heavy atom. The van der Waals surface area contributed by atoms with Crippen LogP contribution in [0.2, 0.25) is 0 Å². The van der Waals surface area contributed by atoms with Gasteiger partial charge in [0.15, 0.2) is 0 Å². The molecule has 0 rings (SSSR count). The fourth-order valence-corrected chi connectivity index (χ4v) is 3.10. The Balaban J connectivity index is 4.24. The van der Waals surface area contributed by atoms with Gasteiger partial charge in [0.2, 0.25) is 0 Å². The highest BCUT2D eigenvalue weighted by Crippen LogP contribution is 2.31. The molecule has 31 heavy (non-hydrogen) atoms. The lowest BCUT2D eigenvalue weighted by Gasteiger charge is -2.27. The zero-order valence-corrected chi connectivity index (χ0v) is 19.6. The van der Waals surface area contributed by atoms with E-state index in [1.165, 1.54) is 0 Å². The van der Waals surface area contributed by atoms with E-state index < -0.39 is 46.5 Å². The van der Waals surface area contributed by atoms with E-state index in [1.807, 2.05) is 0 Å². The van der Waals surface area contributed by atoms with Crippen molar-refractivity contribution < 1.29 is 43.6 Å². The first-order valence-corrected chi connectivity index (χ1v) is 10.7. The Morgan fingerprint density at radius 2 is 1.32 bits per heavy atom. The summed E-state index contributed by atoms with van der Waals surface area (Å²) in [4.78, 5) is 46.8. The summed E-state index contributed by atoms with van der Waals surface area (Å²) in [5.74, 6) is -4.12. The van der Waals surface area contributed by atoms with Crippen molar-refractivity contribution in [2.45, 2.75) is 67.2 Å². The molecule has 0 aromatic heterocycles. The minimum absolute atomic E-state index is 0.00285. The number of hydrogen-bond acceptors (Lipinski definition) is 7. The molecule has 0 heterocycles. The quantitative estimate of drug-likeness (QED) is 0.270. The highest BCUT2D eigenvalue weighted by molar-refractivity contribution is 5.78. The zero-order chi connectivity index (χ0) is 24.2. The van der Waals surface area contributed by atoms with E-state index in [0.29, 0.717) is 12.8 Å². The second-order valence-electron chi connectivity index (χ2n) is 8.77. The fourth-order valence-electron chi connectivity index (χ4n) is 3.10. The first-order valence-electron chi connectivity index (χ1n) is 10.7. The average Bonchev–Trinajstić information content (AvgIpc) is 2.70. The van der Waals surface area contributed by atoms with Crippen LogP contribution < -0.4 is 0 Å². The van der Waals surface area contributed by atoms with Crippen molar-refractivity contribution in [2.24, 2.45) is 22.7 Å². The number of hydrogen-bond donors (Lipinski definition) is 2. The highest BCUT2D eigenvalue weighted by atomic mass is 16.6. The van der Waals surface area contributed by atoms with Crippen LogP contribution in [0.4, 0.5) is 0 Å². The third kappa shape index (κ3) is 10.1. The van der Waals surface area contributed by atoms with Gasteiger partial charge in [-0.2, -0.15) is 0 Å². The van der Waals surface area contributed by atoms with Gasteiger partial charge in [-0.05, 0) is 46.5 Å². The summed E-state index contributed by atoms with van der Waals surface area (Å²) in [5.41, 5.74) is -1.81. The van der Waals surface area contributed by atoms with Gasteiger partial charge in [0.05, 0.1) is 35.9 Å². The predicted octanol–water partition coefficient (Wildman–Crippen LogP) is 3.14. The maximum Gasteiger partial charge on any atom is 0.311 e. The lowest BCUT2D eigenvalue weighted by atomic mass is 9.79. The number of carboxylic acids is 2. The van der Waals surface area contributed by atoms with Crippen molar-refractivity contribution in [2.75, 3.05) is 26.4 Å². The van der Waals surface area contributed by atoms with E-state index in [9.17, 15) is 19.2 Å². The predicted molar refractivity (Wildman–Crippen MR) is 112 cm³/mol. The van der Waals surface area contributed by atoms with Gasteiger partial charge in [-0.25, -0.2) is 0 Å². The van der Waals surface area contributed by atoms with Gasteiger partial charge >= 0.3 is 23.9 Å². The second-order valence-corrected chi connectivity index (χ2v) is 8.77. The first kappa shape index (κ1) is 28.8. The van der Waals surface area contributed by atoms with Crippen LogP contribution in [-0.4, -0.2) is 60.5 Å². The van der Waals surface area contributed by atoms with Crippen LogP contribution in [-0.2, 0) is 33.4 Å². The summed E-state index contributed by atoms with van der Waals surface area (Å²) in [6, 6.07) is 0. The van der Waals surface area contributed by atoms with Crippen LogP contribution in [0.25, 0.3) is 0 Å². The van der Waals surface area contributed by atoms with E-state index in [0.717, 1.165) is 0 Å². The maximum absolute atomic E-state index is 12.3. The fraction of sp³-hybridized carbons (Fsp3) is 0.818. The number of ether oxygens (including phenoxy) is 3. The molecule has 9 nitrogen and oxygen atoms in total. The lowest BCUT2D eigenvalue weighted by Crippen LogP contribution is -2.33. The van der Waals surface area contributed by atoms with Crippen molar-refractivity contribution in [3.8, 4) is 0 Å². The van der Waals surface area contributed by atoms with E-state index in [-0.39, 0.29) is 39.3 Å². The van der Waals surface area contributed by atoms with Crippen LogP contribution in [0.3, 0.4) is 0 Å². The monoisotopic (exact) mass is 446 g/mol. The molecular formula is C22H38O9. The molecule has 0 aliphatic rings. The van der Waals surface area contributed by atoms with Gasteiger partial charge < -0.3 is 24.4 Å². The summed E-state index contributed by atoms with van der Waals surface area (Å²) in [6.45, 7) is 10.3. The molecule has 3 unspecified atom stereocenters. The Labute approximate surface area is 184 Å². The van der Waals surface area contributed by atoms with Crippen molar-refractivity contribution >= 4 is 23.9 Å². The molecule has 2 N–H and O–H groups in total. The number of aliphatic carboxylic acids is 2. The van der Waals surface area contributed by atoms with E-state index in [1.54, 1.807) is 41.5 Å². The van der Waals surface area contributed by atoms with E-state index in [2.05, 4.69) is 0 Å². The third-order valence-electron chi connectivity index (χ3n) is 5.52. The standard InChI is InChI=1S/C22H38O9/c1-7-16(18(25)26)14-21(4,5)19(27)30-11-9-29-10-12-31-20(28)22(6,8-2)13-15(3)17(23)24/h15-16H,7-14H2,1-6H3,(H,23,24)(H,25,26). The molecule has 9 heteroatoms. The summed E-state index contributed by atoms with van der Waals surface area (Å²) in [6.07, 6.45) is 1.26. The molecule has 0 radical (unpaired) electrons. The molecule has 0 saturated heterocycles. The van der Waals surface area contributed by atoms with E-state index >= 15 is 0 Å². The highest BCUT2D eigenvalue weighted by Gasteiger charge is 2.36. The largest absolute Gasteiger partial charge is 0.481 e. The average molecular weight is 447 g/mol. The Bertz CT molecular complexity index is 614. The molecular weight excluding hydrogens is 408 g/mol. The summed E-state index contributed by atoms with van der Waals surface area (Å²) >= 11 is 0. The molecule has 0 aliphatic heterocycles. The van der Waals surface area contributed by atoms with Crippen molar-refractivity contribution in [1.82, 2.24) is 0 Å². The van der Waals surface area contributed by atoms with Crippen LogP contribution in [0.1, 0.15) is 67.2 Å². The summed E-state index contributed by atoms with van der Waals surface area (Å²) in [5, 5.41) is 18.2. The number of carbonyl (C=O) groups excluding carboxylic acids is 2. The second kappa shape index (κ2) is 13.3. The van der Waals surface area contributed by atoms with Crippen molar-refractivity contribution in [3.05, 3.63) is 0 Å². The topological polar surface area (TPSA) is 136 Å². The summed E-state index contributed by atoms with van der Waals surface area (Å²) < 4.78 is 15.7. The van der Waals surface area contributed by atoms with Gasteiger partial charge in [-0.3, -0.25) is 19.2 Å². The van der Waals surface area contributed by atoms with Crippen LogP contribution in [0.15, 0.2) is 0 Å². The molecule has 0 aromatic rings. The van der Waals surface area contributed by atoms with Crippen molar-refractivity contribution in [3.63, 3.8) is 0 Å². The normalized spacial score (nSPS) is 15.4. The molecule has 0 aromatic carbocycles. The molecule has 0 saturated carbocycles. The number of carbonyl (C=O) groups is 4. The third-order valence-corrected chi connectivity index (χ3v) is 5.52. The zero-order valence-electron chi connectivity index (χ0n) is 19.6. The molecule has 0 bridgehead atoms. The maximum atomic E-state index is 12.3. The molecule has 0 amide bonds. The van der Waals surface area contributed by atoms with Crippen LogP contribution in [0, 0.1) is 22.7 Å². The van der Waals surface area contributed by atoms with Gasteiger partial charge in [0, 0.05) is 0 Å². The Hall–Kier alpha value is -2.16. The molecule has 0 aliphatic carbocycles. The SMILES string of the molecule is CCC(CC(C)(C)C(=O)OCCOCCOC(=O)C(C)(CC)CC(C)C(=O)O)C(=O)O. The van der Waals surface area contributed by atoms with Gasteiger partial charge in [0.1, 0.15) is 13.2 Å². The first-order chi connectivity index (χ1) is 14.3. The Morgan fingerprint density at radius 1 is 0.806 bits per heavy atom. The van der Waals surface area contributed by atoms with Gasteiger partial charge in [-0.15, -0.1) is 0 Å². The summed E-state index contributed by atoms with van der Waals surface area (Å²) in [7, 11) is 0. The van der Waals surface area contributed by atoms with Crippen LogP contribution in [0.5, 0.6) is 0 Å². The minimum atomic E-state index is -0.957. The van der Waals surface area contributed by atoms with Crippen molar-refractivity contribution in [1.29, 1.82) is 0 Å². The van der Waals surface area contributed by atoms with Gasteiger partial charge in [0.25, 0.3) is 0 Å². The number of carboxylic acid groups (broad SMARTS) is 2. The van der Waals surface area contributed by atoms with E-state index in [4.69, 9.17) is 24.4 Å². The molecule has 180 valence electrons. The van der Waals surface area contributed by atoms with Gasteiger partial charge in [-0.1, -0.05) is 20.8 Å². The Kier molecular flexibility index (Phi) is 12.4. The van der Waals surface area contributed by atoms with Crippen LogP contribution >= 0.6 is 0 Å². The molecule has 0 fully saturated rings.